The number of piperidine rings is 1. The standard InChI is InChI=1S/C14H26N2O3/c1-3-19-14(18)12-7-9-16(10-8-12)13(17)6-4-5-11(2)15/h11-12H,3-10,15H2,1-2H3. The van der Waals surface area contributed by atoms with Crippen LogP contribution in [0, 0.1) is 5.92 Å². The molecule has 0 radical (unpaired) electrons. The average Bonchev–Trinajstić information content (AvgIpc) is 2.38. The van der Waals surface area contributed by atoms with Crippen molar-refractivity contribution >= 4 is 11.9 Å². The van der Waals surface area contributed by atoms with Crippen molar-refractivity contribution in [3.8, 4) is 0 Å². The lowest BCUT2D eigenvalue weighted by molar-refractivity contribution is -0.151. The summed E-state index contributed by atoms with van der Waals surface area (Å²) in [6.45, 7) is 5.53. The van der Waals surface area contributed by atoms with Crippen molar-refractivity contribution in [2.24, 2.45) is 11.7 Å². The molecule has 0 aromatic heterocycles. The highest BCUT2D eigenvalue weighted by atomic mass is 16.5. The molecular weight excluding hydrogens is 244 g/mol. The molecule has 1 fully saturated rings. The van der Waals surface area contributed by atoms with E-state index in [1.54, 1.807) is 0 Å². The van der Waals surface area contributed by atoms with Gasteiger partial charge in [-0.05, 0) is 39.5 Å². The van der Waals surface area contributed by atoms with Gasteiger partial charge in [0.25, 0.3) is 0 Å². The summed E-state index contributed by atoms with van der Waals surface area (Å²) >= 11 is 0. The van der Waals surface area contributed by atoms with Crippen molar-refractivity contribution in [2.75, 3.05) is 19.7 Å². The summed E-state index contributed by atoms with van der Waals surface area (Å²) in [7, 11) is 0. The molecule has 1 aliphatic heterocycles. The van der Waals surface area contributed by atoms with E-state index in [1.807, 2.05) is 18.7 Å². The Labute approximate surface area is 115 Å². The highest BCUT2D eigenvalue weighted by Crippen LogP contribution is 2.19. The lowest BCUT2D eigenvalue weighted by atomic mass is 9.96. The van der Waals surface area contributed by atoms with Crippen molar-refractivity contribution in [1.29, 1.82) is 0 Å². The summed E-state index contributed by atoms with van der Waals surface area (Å²) < 4.78 is 5.01. The van der Waals surface area contributed by atoms with Crippen LogP contribution in [-0.2, 0) is 14.3 Å². The van der Waals surface area contributed by atoms with Gasteiger partial charge >= 0.3 is 5.97 Å². The zero-order valence-electron chi connectivity index (χ0n) is 12.1. The molecule has 0 aliphatic carbocycles. The highest BCUT2D eigenvalue weighted by molar-refractivity contribution is 5.77. The molecule has 110 valence electrons. The fraction of sp³-hybridized carbons (Fsp3) is 0.857. The van der Waals surface area contributed by atoms with Crippen LogP contribution >= 0.6 is 0 Å². The summed E-state index contributed by atoms with van der Waals surface area (Å²) in [6.07, 6.45) is 3.72. The number of carbonyl (C=O) groups excluding carboxylic acids is 2. The number of ether oxygens (including phenoxy) is 1. The van der Waals surface area contributed by atoms with Crippen molar-refractivity contribution in [3.05, 3.63) is 0 Å². The molecule has 0 spiro atoms. The van der Waals surface area contributed by atoms with Crippen LogP contribution in [0.25, 0.3) is 0 Å². The van der Waals surface area contributed by atoms with Gasteiger partial charge < -0.3 is 15.4 Å². The molecule has 0 bridgehead atoms. The van der Waals surface area contributed by atoms with Gasteiger partial charge in [0.1, 0.15) is 0 Å². The Kier molecular flexibility index (Phi) is 6.84. The zero-order chi connectivity index (χ0) is 14.3. The summed E-state index contributed by atoms with van der Waals surface area (Å²) in [5.74, 6) is 0.0302. The van der Waals surface area contributed by atoms with Gasteiger partial charge in [0.15, 0.2) is 0 Å². The van der Waals surface area contributed by atoms with E-state index in [4.69, 9.17) is 10.5 Å². The van der Waals surface area contributed by atoms with Gasteiger partial charge in [0.05, 0.1) is 12.5 Å². The second kappa shape index (κ2) is 8.15. The summed E-state index contributed by atoms with van der Waals surface area (Å²) in [6, 6.07) is 0.155. The number of nitrogens with two attached hydrogens (primary N) is 1. The molecule has 1 unspecified atom stereocenters. The second-order valence-electron chi connectivity index (χ2n) is 5.28. The predicted octanol–water partition coefficient (Wildman–Crippen LogP) is 1.31. The van der Waals surface area contributed by atoms with Crippen LogP contribution in [-0.4, -0.2) is 42.5 Å². The van der Waals surface area contributed by atoms with Gasteiger partial charge in [0, 0.05) is 25.6 Å². The molecule has 1 heterocycles. The van der Waals surface area contributed by atoms with E-state index in [-0.39, 0.29) is 23.8 Å². The van der Waals surface area contributed by atoms with Gasteiger partial charge in [-0.3, -0.25) is 9.59 Å². The Morgan fingerprint density at radius 2 is 2.00 bits per heavy atom. The van der Waals surface area contributed by atoms with Crippen LogP contribution in [0.1, 0.15) is 46.0 Å². The summed E-state index contributed by atoms with van der Waals surface area (Å²) in [4.78, 5) is 25.4. The monoisotopic (exact) mass is 270 g/mol. The van der Waals surface area contributed by atoms with Crippen LogP contribution in [0.4, 0.5) is 0 Å². The highest BCUT2D eigenvalue weighted by Gasteiger charge is 2.27. The molecule has 1 saturated heterocycles. The number of amides is 1. The molecule has 1 amide bonds. The lowest BCUT2D eigenvalue weighted by Gasteiger charge is -2.31. The number of hydrogen-bond acceptors (Lipinski definition) is 4. The Morgan fingerprint density at radius 1 is 1.37 bits per heavy atom. The van der Waals surface area contributed by atoms with Crippen molar-refractivity contribution in [1.82, 2.24) is 4.90 Å². The van der Waals surface area contributed by atoms with Crippen molar-refractivity contribution in [2.45, 2.75) is 52.0 Å². The third-order valence-corrected chi connectivity index (χ3v) is 3.52. The third kappa shape index (κ3) is 5.59. The van der Waals surface area contributed by atoms with Gasteiger partial charge in [-0.15, -0.1) is 0 Å². The first kappa shape index (κ1) is 16.0. The van der Waals surface area contributed by atoms with E-state index in [1.165, 1.54) is 0 Å². The Morgan fingerprint density at radius 3 is 2.53 bits per heavy atom. The molecule has 1 atom stereocenters. The minimum absolute atomic E-state index is 0.0342. The number of hydrogen-bond donors (Lipinski definition) is 1. The molecule has 0 aromatic carbocycles. The van der Waals surface area contributed by atoms with E-state index < -0.39 is 0 Å². The molecular formula is C14H26N2O3. The minimum atomic E-state index is -0.119. The van der Waals surface area contributed by atoms with E-state index in [0.717, 1.165) is 25.7 Å². The third-order valence-electron chi connectivity index (χ3n) is 3.52. The van der Waals surface area contributed by atoms with E-state index in [0.29, 0.717) is 26.1 Å². The molecule has 5 nitrogen and oxygen atoms in total. The largest absolute Gasteiger partial charge is 0.466 e. The van der Waals surface area contributed by atoms with E-state index >= 15 is 0 Å². The van der Waals surface area contributed by atoms with Crippen LogP contribution < -0.4 is 5.73 Å². The molecule has 0 saturated carbocycles. The number of rotatable bonds is 6. The van der Waals surface area contributed by atoms with Gasteiger partial charge in [-0.25, -0.2) is 0 Å². The Bertz CT molecular complexity index is 297. The first-order chi connectivity index (χ1) is 9.04. The zero-order valence-corrected chi connectivity index (χ0v) is 12.1. The van der Waals surface area contributed by atoms with Crippen molar-refractivity contribution in [3.63, 3.8) is 0 Å². The SMILES string of the molecule is CCOC(=O)C1CCN(C(=O)CCCC(C)N)CC1. The molecule has 1 aliphatic rings. The van der Waals surface area contributed by atoms with Gasteiger partial charge in [-0.2, -0.15) is 0 Å². The first-order valence-corrected chi connectivity index (χ1v) is 7.24. The van der Waals surface area contributed by atoms with Crippen LogP contribution in [0.5, 0.6) is 0 Å². The number of nitrogens with zero attached hydrogens (tertiary/aromatic N) is 1. The number of carbonyl (C=O) groups is 2. The smallest absolute Gasteiger partial charge is 0.309 e. The summed E-state index contributed by atoms with van der Waals surface area (Å²) in [5, 5.41) is 0. The average molecular weight is 270 g/mol. The number of esters is 1. The predicted molar refractivity (Wildman–Crippen MR) is 73.4 cm³/mol. The molecule has 5 heteroatoms. The lowest BCUT2D eigenvalue weighted by Crippen LogP contribution is -2.40. The molecule has 19 heavy (non-hydrogen) atoms. The molecule has 0 aromatic rings. The normalized spacial score (nSPS) is 18.2. The van der Waals surface area contributed by atoms with E-state index in [2.05, 4.69) is 0 Å². The number of likely N-dealkylation sites (tertiary alicyclic amines) is 1. The topological polar surface area (TPSA) is 72.6 Å². The maximum Gasteiger partial charge on any atom is 0.309 e. The van der Waals surface area contributed by atoms with Crippen LogP contribution in [0.3, 0.4) is 0 Å². The van der Waals surface area contributed by atoms with Crippen molar-refractivity contribution < 1.29 is 14.3 Å². The quantitative estimate of drug-likeness (QED) is 0.738. The van der Waals surface area contributed by atoms with Crippen LogP contribution in [0.2, 0.25) is 0 Å². The second-order valence-corrected chi connectivity index (χ2v) is 5.28. The van der Waals surface area contributed by atoms with Crippen LogP contribution in [0.15, 0.2) is 0 Å². The first-order valence-electron chi connectivity index (χ1n) is 7.24. The molecule has 1 rings (SSSR count). The minimum Gasteiger partial charge on any atom is -0.466 e. The van der Waals surface area contributed by atoms with Gasteiger partial charge in [-0.1, -0.05) is 0 Å². The fourth-order valence-electron chi connectivity index (χ4n) is 2.36. The van der Waals surface area contributed by atoms with Gasteiger partial charge in [0.2, 0.25) is 5.91 Å². The molecule has 2 N–H and O–H groups in total. The summed E-state index contributed by atoms with van der Waals surface area (Å²) in [5.41, 5.74) is 5.66. The Hall–Kier alpha value is -1.10. The Balaban J connectivity index is 2.25. The van der Waals surface area contributed by atoms with E-state index in [9.17, 15) is 9.59 Å². The fourth-order valence-corrected chi connectivity index (χ4v) is 2.36. The maximum atomic E-state index is 12.0. The maximum absolute atomic E-state index is 12.0.